The monoisotopic (exact) mass is 296 g/mol. The number of alkyl halides is 3. The molecule has 1 saturated carbocycles. The number of nitrogens with one attached hydrogen (secondary N) is 1. The maximum Gasteiger partial charge on any atom is 0.401 e. The average Bonchev–Trinajstić information content (AvgIpc) is 3.05. The van der Waals surface area contributed by atoms with Crippen molar-refractivity contribution < 1.29 is 23.1 Å². The van der Waals surface area contributed by atoms with Crippen LogP contribution in [0.3, 0.4) is 0 Å². The number of unbranched alkanes of at least 4 members (excludes halogenated alkanes) is 1. The van der Waals surface area contributed by atoms with Gasteiger partial charge in [-0.2, -0.15) is 13.2 Å². The Morgan fingerprint density at radius 3 is 2.40 bits per heavy atom. The lowest BCUT2D eigenvalue weighted by molar-refractivity contribution is -0.144. The fraction of sp³-hybridized carbons (Fsp3) is 0.923. The zero-order valence-corrected chi connectivity index (χ0v) is 12.0. The fourth-order valence-electron chi connectivity index (χ4n) is 2.16. The van der Waals surface area contributed by atoms with Crippen molar-refractivity contribution in [2.75, 3.05) is 20.1 Å². The molecule has 0 aromatic heterocycles. The highest BCUT2D eigenvalue weighted by atomic mass is 19.4. The molecule has 0 aromatic carbocycles. The molecule has 0 bridgehead atoms. The van der Waals surface area contributed by atoms with E-state index in [0.717, 1.165) is 12.8 Å². The van der Waals surface area contributed by atoms with E-state index < -0.39 is 24.2 Å². The van der Waals surface area contributed by atoms with Gasteiger partial charge >= 0.3 is 12.1 Å². The van der Waals surface area contributed by atoms with Crippen molar-refractivity contribution >= 4 is 5.97 Å². The average molecular weight is 296 g/mol. The summed E-state index contributed by atoms with van der Waals surface area (Å²) in [6, 6.07) is 0.281. The number of halogens is 3. The van der Waals surface area contributed by atoms with Gasteiger partial charge in [0.1, 0.15) is 5.54 Å². The summed E-state index contributed by atoms with van der Waals surface area (Å²) in [6.07, 6.45) is -0.614. The summed E-state index contributed by atoms with van der Waals surface area (Å²) in [5.41, 5.74) is -0.968. The van der Waals surface area contributed by atoms with Crippen molar-refractivity contribution in [3.63, 3.8) is 0 Å². The van der Waals surface area contributed by atoms with Crippen LogP contribution in [-0.4, -0.2) is 53.9 Å². The molecule has 7 heteroatoms. The Labute approximate surface area is 117 Å². The largest absolute Gasteiger partial charge is 0.480 e. The quantitative estimate of drug-likeness (QED) is 0.641. The first-order chi connectivity index (χ1) is 9.12. The van der Waals surface area contributed by atoms with Gasteiger partial charge in [0, 0.05) is 6.04 Å². The first-order valence-electron chi connectivity index (χ1n) is 6.89. The number of hydrogen-bond donors (Lipinski definition) is 2. The van der Waals surface area contributed by atoms with Crippen molar-refractivity contribution in [3.8, 4) is 0 Å². The third-order valence-electron chi connectivity index (χ3n) is 3.49. The maximum atomic E-state index is 12.1. The van der Waals surface area contributed by atoms with E-state index in [1.807, 2.05) is 0 Å². The number of hydrogen-bond acceptors (Lipinski definition) is 3. The highest BCUT2D eigenvalue weighted by molar-refractivity contribution is 5.78. The van der Waals surface area contributed by atoms with Crippen LogP contribution in [-0.2, 0) is 4.79 Å². The molecule has 0 heterocycles. The standard InChI is InChI=1S/C13H23F3N2O2/c1-12(11(19)20,17-10-5-6-10)7-3-4-8-18(2)9-13(14,15)16/h10,17H,3-9H2,1-2H3,(H,19,20). The van der Waals surface area contributed by atoms with Crippen molar-refractivity contribution in [1.29, 1.82) is 0 Å². The Morgan fingerprint density at radius 2 is 1.95 bits per heavy atom. The number of rotatable bonds is 9. The minimum atomic E-state index is -4.18. The third-order valence-corrected chi connectivity index (χ3v) is 3.49. The zero-order chi connectivity index (χ0) is 15.4. The minimum Gasteiger partial charge on any atom is -0.480 e. The highest BCUT2D eigenvalue weighted by Crippen LogP contribution is 2.25. The molecule has 0 amide bonds. The van der Waals surface area contributed by atoms with Gasteiger partial charge in [-0.25, -0.2) is 0 Å². The summed E-state index contributed by atoms with van der Waals surface area (Å²) in [7, 11) is 1.42. The Hall–Kier alpha value is -0.820. The first-order valence-corrected chi connectivity index (χ1v) is 6.89. The number of aliphatic carboxylic acids is 1. The van der Waals surface area contributed by atoms with Crippen LogP contribution in [0.15, 0.2) is 0 Å². The van der Waals surface area contributed by atoms with Gasteiger partial charge in [0.15, 0.2) is 0 Å². The molecule has 4 nitrogen and oxygen atoms in total. The van der Waals surface area contributed by atoms with E-state index in [2.05, 4.69) is 5.32 Å². The minimum absolute atomic E-state index is 0.281. The Kier molecular flexibility index (Phi) is 5.82. The van der Waals surface area contributed by atoms with Crippen molar-refractivity contribution in [2.45, 2.75) is 56.8 Å². The lowest BCUT2D eigenvalue weighted by Gasteiger charge is -2.27. The molecule has 0 aromatic rings. The molecule has 0 radical (unpaired) electrons. The van der Waals surface area contributed by atoms with Crippen molar-refractivity contribution in [2.24, 2.45) is 0 Å². The summed E-state index contributed by atoms with van der Waals surface area (Å²) in [6.45, 7) is 1.04. The Bertz CT molecular complexity index is 332. The van der Waals surface area contributed by atoms with Crippen molar-refractivity contribution in [1.82, 2.24) is 10.2 Å². The van der Waals surface area contributed by atoms with Gasteiger partial charge < -0.3 is 5.11 Å². The molecular formula is C13H23F3N2O2. The first kappa shape index (κ1) is 17.2. The molecule has 0 spiro atoms. The third kappa shape index (κ3) is 6.56. The van der Waals surface area contributed by atoms with Crippen LogP contribution in [0.2, 0.25) is 0 Å². The second-order valence-corrected chi connectivity index (χ2v) is 5.87. The molecule has 118 valence electrons. The van der Waals surface area contributed by atoms with Crippen molar-refractivity contribution in [3.05, 3.63) is 0 Å². The molecule has 1 aliphatic carbocycles. The van der Waals surface area contributed by atoms with Crippen LogP contribution in [0.1, 0.15) is 39.0 Å². The Balaban J connectivity index is 2.25. The van der Waals surface area contributed by atoms with Crippen LogP contribution in [0.5, 0.6) is 0 Å². The molecule has 20 heavy (non-hydrogen) atoms. The maximum absolute atomic E-state index is 12.1. The van der Waals surface area contributed by atoms with Gasteiger partial charge in [0.25, 0.3) is 0 Å². The SMILES string of the molecule is CN(CCCCC(C)(NC1CC1)C(=O)O)CC(F)(F)F. The van der Waals surface area contributed by atoms with Crippen LogP contribution in [0.25, 0.3) is 0 Å². The fourth-order valence-corrected chi connectivity index (χ4v) is 2.16. The predicted octanol–water partition coefficient (Wildman–Crippen LogP) is 2.25. The molecule has 2 N–H and O–H groups in total. The lowest BCUT2D eigenvalue weighted by Crippen LogP contribution is -2.50. The van der Waals surface area contributed by atoms with E-state index in [1.54, 1.807) is 6.92 Å². The van der Waals surface area contributed by atoms with E-state index in [-0.39, 0.29) is 6.04 Å². The smallest absolute Gasteiger partial charge is 0.401 e. The van der Waals surface area contributed by atoms with Gasteiger partial charge in [-0.05, 0) is 52.6 Å². The van der Waals surface area contributed by atoms with Gasteiger partial charge in [0.2, 0.25) is 0 Å². The predicted molar refractivity (Wildman–Crippen MR) is 69.6 cm³/mol. The van der Waals surface area contributed by atoms with Gasteiger partial charge in [-0.1, -0.05) is 0 Å². The van der Waals surface area contributed by atoms with Crippen LogP contribution < -0.4 is 5.32 Å². The number of carbonyl (C=O) groups is 1. The number of nitrogens with zero attached hydrogens (tertiary/aromatic N) is 1. The molecule has 1 rings (SSSR count). The number of carboxylic acid groups (broad SMARTS) is 1. The summed E-state index contributed by atoms with van der Waals surface area (Å²) in [5, 5.41) is 12.3. The molecule has 0 aliphatic heterocycles. The van der Waals surface area contributed by atoms with E-state index in [0.29, 0.717) is 25.8 Å². The highest BCUT2D eigenvalue weighted by Gasteiger charge is 2.37. The molecular weight excluding hydrogens is 273 g/mol. The van der Waals surface area contributed by atoms with E-state index in [9.17, 15) is 23.1 Å². The summed E-state index contributed by atoms with van der Waals surface area (Å²) in [4.78, 5) is 12.5. The van der Waals surface area contributed by atoms with Crippen LogP contribution in [0, 0.1) is 0 Å². The Morgan fingerprint density at radius 1 is 1.35 bits per heavy atom. The lowest BCUT2D eigenvalue weighted by atomic mass is 9.94. The zero-order valence-electron chi connectivity index (χ0n) is 12.0. The number of carboxylic acids is 1. The molecule has 1 fully saturated rings. The second-order valence-electron chi connectivity index (χ2n) is 5.87. The molecule has 1 unspecified atom stereocenters. The van der Waals surface area contributed by atoms with E-state index in [4.69, 9.17) is 0 Å². The van der Waals surface area contributed by atoms with E-state index in [1.165, 1.54) is 11.9 Å². The van der Waals surface area contributed by atoms with Crippen LogP contribution >= 0.6 is 0 Å². The van der Waals surface area contributed by atoms with Gasteiger partial charge in [-0.15, -0.1) is 0 Å². The molecule has 1 atom stereocenters. The molecule has 1 aliphatic rings. The molecule has 0 saturated heterocycles. The normalized spacial score (nSPS) is 19.1. The summed E-state index contributed by atoms with van der Waals surface area (Å²) >= 11 is 0. The summed E-state index contributed by atoms with van der Waals surface area (Å²) < 4.78 is 36.4. The topological polar surface area (TPSA) is 52.6 Å². The van der Waals surface area contributed by atoms with Gasteiger partial charge in [0.05, 0.1) is 6.54 Å². The van der Waals surface area contributed by atoms with Gasteiger partial charge in [-0.3, -0.25) is 15.0 Å². The van der Waals surface area contributed by atoms with E-state index >= 15 is 0 Å². The van der Waals surface area contributed by atoms with Crippen LogP contribution in [0.4, 0.5) is 13.2 Å². The second kappa shape index (κ2) is 6.76. The summed E-state index contributed by atoms with van der Waals surface area (Å²) in [5.74, 6) is -0.895.